The highest BCUT2D eigenvalue weighted by atomic mass is 16.6. The second kappa shape index (κ2) is 5.99. The number of hydrogen-bond donors (Lipinski definition) is 0. The van der Waals surface area contributed by atoms with Crippen LogP contribution in [0.5, 0.6) is 5.75 Å². The zero-order valence-electron chi connectivity index (χ0n) is 12.4. The van der Waals surface area contributed by atoms with E-state index in [1.807, 2.05) is 32.0 Å². The van der Waals surface area contributed by atoms with E-state index >= 15 is 0 Å². The Bertz CT molecular complexity index is 543. The summed E-state index contributed by atoms with van der Waals surface area (Å²) < 4.78 is 16.1. The highest BCUT2D eigenvalue weighted by Crippen LogP contribution is 2.34. The third kappa shape index (κ3) is 2.79. The van der Waals surface area contributed by atoms with Crippen molar-refractivity contribution in [2.24, 2.45) is 5.92 Å². The van der Waals surface area contributed by atoms with Gasteiger partial charge in [0.25, 0.3) is 0 Å². The molecule has 0 heterocycles. The minimum Gasteiger partial charge on any atom is -0.497 e. The summed E-state index contributed by atoms with van der Waals surface area (Å²) in [5.74, 6) is 1.69. The van der Waals surface area contributed by atoms with Crippen molar-refractivity contribution in [2.75, 3.05) is 14.2 Å². The number of allylic oxidation sites excluding steroid dienone is 1. The van der Waals surface area contributed by atoms with E-state index in [-0.39, 0.29) is 11.9 Å². The number of rotatable bonds is 4. The van der Waals surface area contributed by atoms with E-state index in [9.17, 15) is 4.79 Å². The van der Waals surface area contributed by atoms with E-state index < -0.39 is 0 Å². The van der Waals surface area contributed by atoms with Gasteiger partial charge in [-0.15, -0.1) is 0 Å². The number of methoxy groups -OCH3 is 2. The topological polar surface area (TPSA) is 44.8 Å². The van der Waals surface area contributed by atoms with Crippen LogP contribution in [-0.2, 0) is 20.7 Å². The van der Waals surface area contributed by atoms with Crippen molar-refractivity contribution in [1.29, 1.82) is 0 Å². The van der Waals surface area contributed by atoms with Crippen LogP contribution >= 0.6 is 0 Å². The second-order valence-electron chi connectivity index (χ2n) is 5.06. The molecule has 0 radical (unpaired) electrons. The molecule has 2 rings (SSSR count). The van der Waals surface area contributed by atoms with E-state index in [1.165, 1.54) is 0 Å². The maximum atomic E-state index is 11.8. The maximum Gasteiger partial charge on any atom is 0.313 e. The van der Waals surface area contributed by atoms with Crippen molar-refractivity contribution in [3.8, 4) is 5.75 Å². The SMILES string of the molecule is COC1=C(OC(=O)C(C)C)CCc2cc(OC)ccc21. The van der Waals surface area contributed by atoms with Gasteiger partial charge in [0.05, 0.1) is 20.1 Å². The van der Waals surface area contributed by atoms with Gasteiger partial charge in [0.2, 0.25) is 0 Å². The van der Waals surface area contributed by atoms with Crippen molar-refractivity contribution in [3.63, 3.8) is 0 Å². The van der Waals surface area contributed by atoms with E-state index in [4.69, 9.17) is 14.2 Å². The van der Waals surface area contributed by atoms with Gasteiger partial charge in [0.1, 0.15) is 5.75 Å². The highest BCUT2D eigenvalue weighted by molar-refractivity contribution is 5.76. The Labute approximate surface area is 119 Å². The molecule has 20 heavy (non-hydrogen) atoms. The molecular formula is C16H20O4. The Balaban J connectivity index is 2.36. The molecule has 4 nitrogen and oxygen atoms in total. The summed E-state index contributed by atoms with van der Waals surface area (Å²) >= 11 is 0. The average Bonchev–Trinajstić information content (AvgIpc) is 2.46. The van der Waals surface area contributed by atoms with Crippen LogP contribution in [0.15, 0.2) is 24.0 Å². The quantitative estimate of drug-likeness (QED) is 0.792. The lowest BCUT2D eigenvalue weighted by Gasteiger charge is -2.22. The van der Waals surface area contributed by atoms with Crippen LogP contribution in [-0.4, -0.2) is 20.2 Å². The molecule has 0 spiro atoms. The zero-order valence-corrected chi connectivity index (χ0v) is 12.4. The molecule has 108 valence electrons. The maximum absolute atomic E-state index is 11.8. The molecule has 0 bridgehead atoms. The van der Waals surface area contributed by atoms with Crippen LogP contribution in [0.3, 0.4) is 0 Å². The minimum absolute atomic E-state index is 0.155. The van der Waals surface area contributed by atoms with Crippen LogP contribution in [0.1, 0.15) is 31.4 Å². The van der Waals surface area contributed by atoms with Gasteiger partial charge in [-0.2, -0.15) is 0 Å². The third-order valence-electron chi connectivity index (χ3n) is 3.33. The average molecular weight is 276 g/mol. The third-order valence-corrected chi connectivity index (χ3v) is 3.33. The largest absolute Gasteiger partial charge is 0.497 e. The molecule has 0 amide bonds. The Morgan fingerprint density at radius 3 is 2.50 bits per heavy atom. The molecule has 1 aliphatic carbocycles. The standard InChI is InChI=1S/C16H20O4/c1-10(2)16(17)20-14-8-5-11-9-12(18-3)6-7-13(11)15(14)19-4/h6-7,9-10H,5,8H2,1-4H3. The smallest absolute Gasteiger partial charge is 0.313 e. The predicted molar refractivity (Wildman–Crippen MR) is 76.2 cm³/mol. The van der Waals surface area contributed by atoms with Gasteiger partial charge in [-0.1, -0.05) is 13.8 Å². The number of carbonyl (C=O) groups excluding carboxylic acids is 1. The molecule has 1 aromatic rings. The summed E-state index contributed by atoms with van der Waals surface area (Å²) in [7, 11) is 3.24. The van der Waals surface area contributed by atoms with Gasteiger partial charge in [0, 0.05) is 12.0 Å². The Kier molecular flexibility index (Phi) is 4.32. The molecule has 1 aromatic carbocycles. The summed E-state index contributed by atoms with van der Waals surface area (Å²) in [5.41, 5.74) is 2.11. The number of benzene rings is 1. The number of esters is 1. The van der Waals surface area contributed by atoms with Crippen LogP contribution in [0, 0.1) is 5.92 Å². The Hall–Kier alpha value is -1.97. The molecule has 0 unspecified atom stereocenters. The zero-order chi connectivity index (χ0) is 14.7. The van der Waals surface area contributed by atoms with Crippen molar-refractivity contribution in [2.45, 2.75) is 26.7 Å². The molecule has 1 aliphatic rings. The summed E-state index contributed by atoms with van der Waals surface area (Å²) in [6, 6.07) is 5.82. The monoisotopic (exact) mass is 276 g/mol. The molecule has 0 fully saturated rings. The van der Waals surface area contributed by atoms with Crippen LogP contribution in [0.25, 0.3) is 5.76 Å². The molecule has 0 atom stereocenters. The molecule has 4 heteroatoms. The van der Waals surface area contributed by atoms with E-state index in [1.54, 1.807) is 14.2 Å². The van der Waals surface area contributed by atoms with Crippen molar-refractivity contribution in [1.82, 2.24) is 0 Å². The number of hydrogen-bond acceptors (Lipinski definition) is 4. The normalized spacial score (nSPS) is 14.1. The molecule has 0 saturated carbocycles. The fraction of sp³-hybridized carbons (Fsp3) is 0.438. The summed E-state index contributed by atoms with van der Waals surface area (Å²) in [6.45, 7) is 3.63. The molecule has 0 aliphatic heterocycles. The first-order valence-corrected chi connectivity index (χ1v) is 6.73. The van der Waals surface area contributed by atoms with Crippen LogP contribution in [0.2, 0.25) is 0 Å². The molecule has 0 aromatic heterocycles. The Morgan fingerprint density at radius 1 is 1.15 bits per heavy atom. The fourth-order valence-corrected chi connectivity index (χ4v) is 2.20. The van der Waals surface area contributed by atoms with Crippen molar-refractivity contribution < 1.29 is 19.0 Å². The van der Waals surface area contributed by atoms with E-state index in [0.29, 0.717) is 17.9 Å². The van der Waals surface area contributed by atoms with Gasteiger partial charge in [0.15, 0.2) is 11.5 Å². The summed E-state index contributed by atoms with van der Waals surface area (Å²) in [5, 5.41) is 0. The lowest BCUT2D eigenvalue weighted by Crippen LogP contribution is -2.16. The molecule has 0 saturated heterocycles. The highest BCUT2D eigenvalue weighted by Gasteiger charge is 2.24. The van der Waals surface area contributed by atoms with Crippen molar-refractivity contribution in [3.05, 3.63) is 35.1 Å². The van der Waals surface area contributed by atoms with Gasteiger partial charge >= 0.3 is 5.97 Å². The summed E-state index contributed by atoms with van der Waals surface area (Å²) in [6.07, 6.45) is 1.46. The predicted octanol–water partition coefficient (Wildman–Crippen LogP) is 3.16. The first kappa shape index (κ1) is 14.4. The number of ether oxygens (including phenoxy) is 3. The fourth-order valence-electron chi connectivity index (χ4n) is 2.20. The van der Waals surface area contributed by atoms with Crippen LogP contribution in [0.4, 0.5) is 0 Å². The minimum atomic E-state index is -0.230. The van der Waals surface area contributed by atoms with E-state index in [2.05, 4.69) is 0 Å². The number of carbonyl (C=O) groups is 1. The first-order chi connectivity index (χ1) is 9.56. The molecular weight excluding hydrogens is 256 g/mol. The number of aryl methyl sites for hydroxylation is 1. The lowest BCUT2D eigenvalue weighted by molar-refractivity contribution is -0.143. The van der Waals surface area contributed by atoms with Crippen LogP contribution < -0.4 is 4.74 Å². The van der Waals surface area contributed by atoms with Crippen molar-refractivity contribution >= 4 is 11.7 Å². The molecule has 0 N–H and O–H groups in total. The second-order valence-corrected chi connectivity index (χ2v) is 5.06. The van der Waals surface area contributed by atoms with Gasteiger partial charge in [-0.3, -0.25) is 4.79 Å². The Morgan fingerprint density at radius 2 is 1.90 bits per heavy atom. The first-order valence-electron chi connectivity index (χ1n) is 6.73. The van der Waals surface area contributed by atoms with Gasteiger partial charge in [-0.05, 0) is 30.2 Å². The van der Waals surface area contributed by atoms with E-state index in [0.717, 1.165) is 23.3 Å². The van der Waals surface area contributed by atoms with Gasteiger partial charge < -0.3 is 14.2 Å². The number of fused-ring (bicyclic) bond motifs is 1. The van der Waals surface area contributed by atoms with Gasteiger partial charge in [-0.25, -0.2) is 0 Å². The lowest BCUT2D eigenvalue weighted by atomic mass is 9.94. The summed E-state index contributed by atoms with van der Waals surface area (Å²) in [4.78, 5) is 11.8.